The molecule has 0 radical (unpaired) electrons. The van der Waals surface area contributed by atoms with Crippen LogP contribution in [0.2, 0.25) is 0 Å². The molecule has 0 heterocycles. The summed E-state index contributed by atoms with van der Waals surface area (Å²) in [6.07, 6.45) is 1.30. The van der Waals surface area contributed by atoms with E-state index in [1.807, 2.05) is 13.8 Å². The molecular formula is C13H20ClN5O2S. The molecule has 122 valence electrons. The van der Waals surface area contributed by atoms with Gasteiger partial charge in [-0.1, -0.05) is 13.8 Å². The summed E-state index contributed by atoms with van der Waals surface area (Å²) >= 11 is 5.16. The van der Waals surface area contributed by atoms with Gasteiger partial charge in [-0.3, -0.25) is 15.1 Å². The average Bonchev–Trinajstić information content (AvgIpc) is 2.46. The van der Waals surface area contributed by atoms with Gasteiger partial charge in [0.05, 0.1) is 4.92 Å². The first kappa shape index (κ1) is 20.1. The summed E-state index contributed by atoms with van der Waals surface area (Å²) < 4.78 is 0. The van der Waals surface area contributed by atoms with Gasteiger partial charge in [-0.25, -0.2) is 0 Å². The number of hydrogen-bond acceptors (Lipinski definition) is 4. The monoisotopic (exact) mass is 345 g/mol. The van der Waals surface area contributed by atoms with Crippen LogP contribution in [0.25, 0.3) is 0 Å². The second-order valence-corrected chi connectivity index (χ2v) is 4.70. The zero-order chi connectivity index (χ0) is 16.0. The Hall–Kier alpha value is -1.93. The highest BCUT2D eigenvalue weighted by molar-refractivity contribution is 7.80. The van der Waals surface area contributed by atoms with Crippen molar-refractivity contribution in [3.8, 4) is 0 Å². The van der Waals surface area contributed by atoms with Crippen molar-refractivity contribution in [2.75, 3.05) is 12.4 Å². The van der Waals surface area contributed by atoms with Crippen LogP contribution in [-0.2, 0) is 12.8 Å². The number of nitrogens with two attached hydrogens (primary N) is 1. The highest BCUT2D eigenvalue weighted by Gasteiger charge is 2.15. The summed E-state index contributed by atoms with van der Waals surface area (Å²) in [7, 11) is 1.55. The first-order chi connectivity index (χ1) is 9.92. The van der Waals surface area contributed by atoms with Crippen molar-refractivity contribution >= 4 is 47.1 Å². The van der Waals surface area contributed by atoms with E-state index in [0.717, 1.165) is 16.8 Å². The minimum atomic E-state index is -0.388. The first-order valence-corrected chi connectivity index (χ1v) is 6.94. The molecule has 0 fully saturated rings. The first-order valence-electron chi connectivity index (χ1n) is 6.53. The van der Waals surface area contributed by atoms with Crippen LogP contribution in [0.4, 0.5) is 11.4 Å². The number of guanidine groups is 1. The van der Waals surface area contributed by atoms with E-state index >= 15 is 0 Å². The summed E-state index contributed by atoms with van der Waals surface area (Å²) in [5.74, 6) is 0.200. The third-order valence-corrected chi connectivity index (χ3v) is 3.18. The molecule has 9 heteroatoms. The largest absolute Gasteiger partial charge is 0.370 e. The number of halogens is 1. The summed E-state index contributed by atoms with van der Waals surface area (Å²) in [5.41, 5.74) is 8.09. The highest BCUT2D eigenvalue weighted by atomic mass is 35.5. The quantitative estimate of drug-likeness (QED) is 0.254. The van der Waals surface area contributed by atoms with Gasteiger partial charge >= 0.3 is 0 Å². The molecule has 0 bridgehead atoms. The zero-order valence-corrected chi connectivity index (χ0v) is 14.3. The van der Waals surface area contributed by atoms with E-state index in [9.17, 15) is 10.1 Å². The Kier molecular flexibility index (Phi) is 8.36. The van der Waals surface area contributed by atoms with Crippen LogP contribution in [0.15, 0.2) is 17.1 Å². The third kappa shape index (κ3) is 5.12. The molecule has 1 rings (SSSR count). The SMILES string of the molecule is CCc1cc([N+](=O)[O-])cc(CC)c1NC(=S)NC(N)=NC.Cl. The maximum Gasteiger partial charge on any atom is 0.270 e. The fraction of sp³-hybridized carbons (Fsp3) is 0.385. The predicted octanol–water partition coefficient (Wildman–Crippen LogP) is 2.37. The molecule has 0 amide bonds. The van der Waals surface area contributed by atoms with Crippen LogP contribution in [0.1, 0.15) is 25.0 Å². The van der Waals surface area contributed by atoms with E-state index in [-0.39, 0.29) is 29.0 Å². The van der Waals surface area contributed by atoms with E-state index in [0.29, 0.717) is 18.0 Å². The lowest BCUT2D eigenvalue weighted by molar-refractivity contribution is -0.385. The standard InChI is InChI=1S/C13H19N5O2S.ClH/c1-4-8-6-10(18(19)20)7-9(5-2)11(8)16-13(21)17-12(14)15-3;/h6-7H,4-5H2,1-3H3,(H4,14,15,16,17,21);1H. The lowest BCUT2D eigenvalue weighted by atomic mass is 10.0. The summed E-state index contributed by atoms with van der Waals surface area (Å²) in [5, 5.41) is 17.1. The summed E-state index contributed by atoms with van der Waals surface area (Å²) in [4.78, 5) is 14.3. The van der Waals surface area contributed by atoms with E-state index in [2.05, 4.69) is 15.6 Å². The Balaban J connectivity index is 0.00000441. The number of non-ortho nitro benzene ring substituents is 1. The number of nitro groups is 1. The molecule has 1 aromatic rings. The molecule has 0 unspecified atom stereocenters. The maximum atomic E-state index is 11.0. The lowest BCUT2D eigenvalue weighted by Gasteiger charge is -2.16. The molecule has 4 N–H and O–H groups in total. The molecule has 0 aliphatic rings. The van der Waals surface area contributed by atoms with Crippen LogP contribution < -0.4 is 16.4 Å². The smallest absolute Gasteiger partial charge is 0.270 e. The van der Waals surface area contributed by atoms with Crippen LogP contribution in [0, 0.1) is 10.1 Å². The van der Waals surface area contributed by atoms with Crippen LogP contribution in [0.5, 0.6) is 0 Å². The number of aryl methyl sites for hydroxylation is 2. The van der Waals surface area contributed by atoms with E-state index in [4.69, 9.17) is 18.0 Å². The van der Waals surface area contributed by atoms with Crippen LogP contribution >= 0.6 is 24.6 Å². The van der Waals surface area contributed by atoms with Gasteiger partial charge in [0.25, 0.3) is 5.69 Å². The van der Waals surface area contributed by atoms with Gasteiger partial charge in [0.15, 0.2) is 11.1 Å². The van der Waals surface area contributed by atoms with Gasteiger partial charge in [-0.2, -0.15) is 0 Å². The van der Waals surface area contributed by atoms with Crippen LogP contribution in [0.3, 0.4) is 0 Å². The average molecular weight is 346 g/mol. The third-order valence-electron chi connectivity index (χ3n) is 2.98. The molecule has 0 aliphatic heterocycles. The second-order valence-electron chi connectivity index (χ2n) is 4.29. The van der Waals surface area contributed by atoms with Crippen molar-refractivity contribution in [1.82, 2.24) is 5.32 Å². The number of aliphatic imine (C=N–C) groups is 1. The zero-order valence-electron chi connectivity index (χ0n) is 12.7. The number of anilines is 1. The maximum absolute atomic E-state index is 11.0. The topological polar surface area (TPSA) is 106 Å². The van der Waals surface area contributed by atoms with E-state index in [1.54, 1.807) is 19.2 Å². The Labute approximate surface area is 140 Å². The Morgan fingerprint density at radius 1 is 1.36 bits per heavy atom. The summed E-state index contributed by atoms with van der Waals surface area (Å²) in [6, 6.07) is 3.11. The van der Waals surface area contributed by atoms with Crippen molar-refractivity contribution in [3.05, 3.63) is 33.4 Å². The molecule has 22 heavy (non-hydrogen) atoms. The second kappa shape index (κ2) is 9.16. The van der Waals surface area contributed by atoms with Gasteiger partial charge in [-0.05, 0) is 36.2 Å². The van der Waals surface area contributed by atoms with Gasteiger partial charge < -0.3 is 16.4 Å². The predicted molar refractivity (Wildman–Crippen MR) is 96.0 cm³/mol. The molecular weight excluding hydrogens is 326 g/mol. The molecule has 0 aliphatic carbocycles. The molecule has 0 saturated carbocycles. The normalized spacial score (nSPS) is 10.6. The number of nitrogens with one attached hydrogen (secondary N) is 2. The number of nitrogens with zero attached hydrogens (tertiary/aromatic N) is 2. The number of thiocarbonyl (C=S) groups is 1. The fourth-order valence-corrected chi connectivity index (χ4v) is 2.10. The van der Waals surface area contributed by atoms with Gasteiger partial charge in [0.2, 0.25) is 0 Å². The van der Waals surface area contributed by atoms with Gasteiger partial charge in [0, 0.05) is 24.9 Å². The molecule has 0 spiro atoms. The molecule has 1 aromatic carbocycles. The lowest BCUT2D eigenvalue weighted by Crippen LogP contribution is -2.39. The Bertz CT molecular complexity index is 567. The van der Waals surface area contributed by atoms with Gasteiger partial charge in [0.1, 0.15) is 0 Å². The molecule has 0 saturated heterocycles. The fourth-order valence-electron chi connectivity index (χ4n) is 1.89. The van der Waals surface area contributed by atoms with Crippen molar-refractivity contribution in [3.63, 3.8) is 0 Å². The van der Waals surface area contributed by atoms with E-state index < -0.39 is 0 Å². The van der Waals surface area contributed by atoms with Crippen molar-refractivity contribution < 1.29 is 4.92 Å². The van der Waals surface area contributed by atoms with Crippen molar-refractivity contribution in [2.24, 2.45) is 10.7 Å². The van der Waals surface area contributed by atoms with E-state index in [1.165, 1.54) is 0 Å². The number of rotatable bonds is 4. The highest BCUT2D eigenvalue weighted by Crippen LogP contribution is 2.28. The minimum Gasteiger partial charge on any atom is -0.370 e. The van der Waals surface area contributed by atoms with Crippen molar-refractivity contribution in [1.29, 1.82) is 0 Å². The minimum absolute atomic E-state index is 0. The number of benzene rings is 1. The number of nitro benzene ring substituents is 1. The molecule has 7 nitrogen and oxygen atoms in total. The number of hydrogen-bond donors (Lipinski definition) is 3. The molecule has 0 aromatic heterocycles. The summed E-state index contributed by atoms with van der Waals surface area (Å²) in [6.45, 7) is 3.87. The van der Waals surface area contributed by atoms with Crippen LogP contribution in [-0.4, -0.2) is 23.0 Å². The Morgan fingerprint density at radius 2 is 1.86 bits per heavy atom. The van der Waals surface area contributed by atoms with Gasteiger partial charge in [-0.15, -0.1) is 12.4 Å². The van der Waals surface area contributed by atoms with Crippen molar-refractivity contribution in [2.45, 2.75) is 26.7 Å². The Morgan fingerprint density at radius 3 is 2.23 bits per heavy atom. The molecule has 0 atom stereocenters.